The number of amides is 1. The number of para-hydroxylation sites is 2. The summed E-state index contributed by atoms with van der Waals surface area (Å²) in [5.41, 5.74) is 1.12. The van der Waals surface area contributed by atoms with E-state index in [1.807, 2.05) is 48.5 Å². The second kappa shape index (κ2) is 9.57. The Hall–Kier alpha value is -3.32. The number of carbonyl (C=O) groups is 2. The first kappa shape index (κ1) is 19.4. The SMILES string of the molecule is COCCNC(=O)COC(=O)c1oc2ccccc2c1COc1ccccc1. The Balaban J connectivity index is 1.72. The Morgan fingerprint density at radius 2 is 1.79 bits per heavy atom. The molecule has 1 amide bonds. The average molecular weight is 383 g/mol. The van der Waals surface area contributed by atoms with Gasteiger partial charge in [0.15, 0.2) is 6.61 Å². The zero-order valence-corrected chi connectivity index (χ0v) is 15.5. The smallest absolute Gasteiger partial charge is 0.375 e. The summed E-state index contributed by atoms with van der Waals surface area (Å²) in [7, 11) is 1.53. The Bertz CT molecular complexity index is 934. The molecule has 0 aliphatic heterocycles. The highest BCUT2D eigenvalue weighted by Gasteiger charge is 2.23. The van der Waals surface area contributed by atoms with Crippen molar-refractivity contribution in [3.63, 3.8) is 0 Å². The number of esters is 1. The maximum Gasteiger partial charge on any atom is 0.375 e. The molecule has 3 aromatic rings. The molecular weight excluding hydrogens is 362 g/mol. The van der Waals surface area contributed by atoms with Gasteiger partial charge in [-0.1, -0.05) is 36.4 Å². The summed E-state index contributed by atoms with van der Waals surface area (Å²) in [4.78, 5) is 24.2. The van der Waals surface area contributed by atoms with Crippen molar-refractivity contribution in [2.45, 2.75) is 6.61 Å². The lowest BCUT2D eigenvalue weighted by atomic mass is 10.1. The van der Waals surface area contributed by atoms with E-state index >= 15 is 0 Å². The number of hydrogen-bond acceptors (Lipinski definition) is 6. The van der Waals surface area contributed by atoms with Gasteiger partial charge in [0, 0.05) is 19.0 Å². The zero-order chi connectivity index (χ0) is 19.8. The molecule has 0 fully saturated rings. The lowest BCUT2D eigenvalue weighted by Crippen LogP contribution is -2.31. The van der Waals surface area contributed by atoms with Crippen LogP contribution in [-0.2, 0) is 20.9 Å². The van der Waals surface area contributed by atoms with Crippen LogP contribution in [0.4, 0.5) is 0 Å². The van der Waals surface area contributed by atoms with E-state index in [2.05, 4.69) is 5.32 Å². The molecule has 2 aromatic carbocycles. The Kier molecular flexibility index (Phi) is 6.64. The summed E-state index contributed by atoms with van der Waals surface area (Å²) < 4.78 is 21.4. The summed E-state index contributed by atoms with van der Waals surface area (Å²) in [5, 5.41) is 3.34. The van der Waals surface area contributed by atoms with Crippen LogP contribution in [0.5, 0.6) is 5.75 Å². The standard InChI is InChI=1S/C21H21NO6/c1-25-12-11-22-19(23)14-27-21(24)20-17(13-26-15-7-3-2-4-8-15)16-9-5-6-10-18(16)28-20/h2-10H,11-14H2,1H3,(H,22,23). The molecule has 0 spiro atoms. The normalized spacial score (nSPS) is 10.6. The van der Waals surface area contributed by atoms with E-state index in [1.54, 1.807) is 6.07 Å². The van der Waals surface area contributed by atoms with Crippen LogP contribution in [0.3, 0.4) is 0 Å². The second-order valence-electron chi connectivity index (χ2n) is 5.93. The topological polar surface area (TPSA) is 87.0 Å². The molecule has 1 aromatic heterocycles. The van der Waals surface area contributed by atoms with Crippen molar-refractivity contribution in [1.82, 2.24) is 5.32 Å². The molecule has 0 aliphatic carbocycles. The van der Waals surface area contributed by atoms with Gasteiger partial charge in [-0.15, -0.1) is 0 Å². The molecule has 1 heterocycles. The van der Waals surface area contributed by atoms with Crippen molar-refractivity contribution in [3.05, 3.63) is 65.9 Å². The highest BCUT2D eigenvalue weighted by molar-refractivity contribution is 5.96. The van der Waals surface area contributed by atoms with Crippen LogP contribution < -0.4 is 10.1 Å². The maximum atomic E-state index is 12.5. The first-order chi connectivity index (χ1) is 13.7. The Morgan fingerprint density at radius 1 is 1.04 bits per heavy atom. The molecule has 146 valence electrons. The highest BCUT2D eigenvalue weighted by atomic mass is 16.5. The molecule has 7 heteroatoms. The van der Waals surface area contributed by atoms with E-state index in [1.165, 1.54) is 7.11 Å². The fourth-order valence-electron chi connectivity index (χ4n) is 2.62. The van der Waals surface area contributed by atoms with Gasteiger partial charge in [0.05, 0.1) is 12.2 Å². The third-order valence-corrected chi connectivity index (χ3v) is 3.97. The molecule has 7 nitrogen and oxygen atoms in total. The van der Waals surface area contributed by atoms with E-state index < -0.39 is 18.5 Å². The fraction of sp³-hybridized carbons (Fsp3) is 0.238. The number of carbonyl (C=O) groups excluding carboxylic acids is 2. The van der Waals surface area contributed by atoms with E-state index in [4.69, 9.17) is 18.6 Å². The van der Waals surface area contributed by atoms with Crippen LogP contribution in [0, 0.1) is 0 Å². The van der Waals surface area contributed by atoms with E-state index in [9.17, 15) is 9.59 Å². The van der Waals surface area contributed by atoms with Gasteiger partial charge in [-0.05, 0) is 18.2 Å². The minimum atomic E-state index is -0.718. The third-order valence-electron chi connectivity index (χ3n) is 3.97. The number of furan rings is 1. The molecule has 0 saturated heterocycles. The van der Waals surface area contributed by atoms with Crippen LogP contribution in [0.2, 0.25) is 0 Å². The zero-order valence-electron chi connectivity index (χ0n) is 15.5. The molecule has 0 aliphatic rings. The van der Waals surface area contributed by atoms with Crippen LogP contribution in [0.25, 0.3) is 11.0 Å². The van der Waals surface area contributed by atoms with Gasteiger partial charge in [-0.3, -0.25) is 4.79 Å². The van der Waals surface area contributed by atoms with Crippen LogP contribution in [0.15, 0.2) is 59.0 Å². The number of fused-ring (bicyclic) bond motifs is 1. The summed E-state index contributed by atoms with van der Waals surface area (Å²) in [6, 6.07) is 16.5. The molecule has 0 unspecified atom stereocenters. The number of benzene rings is 2. The van der Waals surface area contributed by atoms with Gasteiger partial charge in [-0.2, -0.15) is 0 Å². The van der Waals surface area contributed by atoms with Crippen molar-refractivity contribution in [2.75, 3.05) is 26.9 Å². The quantitative estimate of drug-likeness (QED) is 0.452. The van der Waals surface area contributed by atoms with Gasteiger partial charge >= 0.3 is 5.97 Å². The largest absolute Gasteiger partial charge is 0.489 e. The minimum absolute atomic E-state index is 0.0295. The van der Waals surface area contributed by atoms with Crippen molar-refractivity contribution < 1.29 is 28.2 Å². The molecule has 1 N–H and O–H groups in total. The molecule has 28 heavy (non-hydrogen) atoms. The van der Waals surface area contributed by atoms with Crippen molar-refractivity contribution in [2.24, 2.45) is 0 Å². The summed E-state index contributed by atoms with van der Waals surface area (Å²) in [6.45, 7) is 0.446. The lowest BCUT2D eigenvalue weighted by molar-refractivity contribution is -0.124. The predicted octanol–water partition coefficient (Wildman–Crippen LogP) is 2.93. The molecular formula is C21H21NO6. The molecule has 3 rings (SSSR count). The number of methoxy groups -OCH3 is 1. The van der Waals surface area contributed by atoms with Gasteiger partial charge in [0.25, 0.3) is 5.91 Å². The highest BCUT2D eigenvalue weighted by Crippen LogP contribution is 2.28. The summed E-state index contributed by atoms with van der Waals surface area (Å²) in [6.07, 6.45) is 0. The summed E-state index contributed by atoms with van der Waals surface area (Å²) >= 11 is 0. The van der Waals surface area contributed by atoms with Gasteiger partial charge in [0.1, 0.15) is 17.9 Å². The number of hydrogen-bond donors (Lipinski definition) is 1. The van der Waals surface area contributed by atoms with Gasteiger partial charge in [-0.25, -0.2) is 4.79 Å². The first-order valence-electron chi connectivity index (χ1n) is 8.80. The molecule has 0 bridgehead atoms. The van der Waals surface area contributed by atoms with Crippen molar-refractivity contribution in [3.8, 4) is 5.75 Å². The summed E-state index contributed by atoms with van der Waals surface area (Å²) in [5.74, 6) is -0.431. The van der Waals surface area contributed by atoms with Crippen LogP contribution in [0.1, 0.15) is 16.1 Å². The Morgan fingerprint density at radius 3 is 2.57 bits per heavy atom. The molecule has 0 atom stereocenters. The van der Waals surface area contributed by atoms with Gasteiger partial charge < -0.3 is 23.9 Å². The molecule has 0 saturated carbocycles. The van der Waals surface area contributed by atoms with Gasteiger partial charge in [0.2, 0.25) is 5.76 Å². The van der Waals surface area contributed by atoms with E-state index in [0.717, 1.165) is 5.39 Å². The molecule has 0 radical (unpaired) electrons. The number of rotatable bonds is 9. The number of ether oxygens (including phenoxy) is 3. The van der Waals surface area contributed by atoms with Crippen molar-refractivity contribution in [1.29, 1.82) is 0 Å². The lowest BCUT2D eigenvalue weighted by Gasteiger charge is -2.08. The first-order valence-corrected chi connectivity index (χ1v) is 8.80. The van der Waals surface area contributed by atoms with Crippen molar-refractivity contribution >= 4 is 22.8 Å². The van der Waals surface area contributed by atoms with Crippen LogP contribution in [-0.4, -0.2) is 38.7 Å². The Labute approximate surface area is 162 Å². The fourth-order valence-corrected chi connectivity index (χ4v) is 2.62. The van der Waals surface area contributed by atoms with E-state index in [-0.39, 0.29) is 12.4 Å². The average Bonchev–Trinajstić information content (AvgIpc) is 3.10. The minimum Gasteiger partial charge on any atom is -0.489 e. The second-order valence-corrected chi connectivity index (χ2v) is 5.93. The van der Waals surface area contributed by atoms with E-state index in [0.29, 0.717) is 30.0 Å². The monoisotopic (exact) mass is 383 g/mol. The number of nitrogens with one attached hydrogen (secondary N) is 1. The predicted molar refractivity (Wildman–Crippen MR) is 102 cm³/mol. The van der Waals surface area contributed by atoms with Crippen LogP contribution >= 0.6 is 0 Å². The third kappa shape index (κ3) is 4.89. The maximum absolute atomic E-state index is 12.5.